The zero-order valence-electron chi connectivity index (χ0n) is 15.6. The Kier molecular flexibility index (Phi) is 6.86. The second-order valence-corrected chi connectivity index (χ2v) is 7.55. The molecule has 1 N–H and O–H groups in total. The third kappa shape index (κ3) is 5.42. The van der Waals surface area contributed by atoms with Gasteiger partial charge in [-0.2, -0.15) is 0 Å². The Morgan fingerprint density at radius 1 is 1.31 bits per heavy atom. The van der Waals surface area contributed by atoms with Gasteiger partial charge in [-0.1, -0.05) is 18.2 Å². The fourth-order valence-corrected chi connectivity index (χ4v) is 3.87. The average molecular weight is 363 g/mol. The van der Waals surface area contributed by atoms with Crippen LogP contribution in [0.1, 0.15) is 31.2 Å². The summed E-state index contributed by atoms with van der Waals surface area (Å²) in [5.41, 5.74) is 0.719. The Bertz CT molecular complexity index is 592. The van der Waals surface area contributed by atoms with Gasteiger partial charge in [-0.25, -0.2) is 9.18 Å². The minimum absolute atomic E-state index is 0.00534. The van der Waals surface area contributed by atoms with E-state index in [9.17, 15) is 9.18 Å². The van der Waals surface area contributed by atoms with Crippen LogP contribution in [0.15, 0.2) is 24.3 Å². The van der Waals surface area contributed by atoms with E-state index in [0.717, 1.165) is 64.1 Å². The Balaban J connectivity index is 1.46. The van der Waals surface area contributed by atoms with Gasteiger partial charge in [-0.05, 0) is 44.2 Å². The maximum atomic E-state index is 13.9. The van der Waals surface area contributed by atoms with E-state index in [1.165, 1.54) is 6.07 Å². The zero-order chi connectivity index (χ0) is 18.4. The van der Waals surface area contributed by atoms with E-state index >= 15 is 0 Å². The molecule has 2 amide bonds. The van der Waals surface area contributed by atoms with Gasteiger partial charge in [0.05, 0.1) is 0 Å². The van der Waals surface area contributed by atoms with Crippen molar-refractivity contribution in [2.45, 2.75) is 38.3 Å². The number of carbonyl (C=O) groups excluding carboxylic acids is 1. The molecule has 2 fully saturated rings. The van der Waals surface area contributed by atoms with Gasteiger partial charge in [0.1, 0.15) is 5.82 Å². The summed E-state index contributed by atoms with van der Waals surface area (Å²) >= 11 is 0. The molecule has 0 unspecified atom stereocenters. The van der Waals surface area contributed by atoms with Crippen LogP contribution < -0.4 is 5.32 Å². The molecule has 0 bridgehead atoms. The predicted octanol–water partition coefficient (Wildman–Crippen LogP) is 2.86. The Morgan fingerprint density at radius 2 is 2.08 bits per heavy atom. The third-order valence-electron chi connectivity index (χ3n) is 5.40. The van der Waals surface area contributed by atoms with Gasteiger partial charge in [0.2, 0.25) is 0 Å². The van der Waals surface area contributed by atoms with E-state index in [1.54, 1.807) is 11.0 Å². The number of likely N-dealkylation sites (tertiary alicyclic amines) is 1. The zero-order valence-corrected chi connectivity index (χ0v) is 15.6. The van der Waals surface area contributed by atoms with Crippen molar-refractivity contribution in [2.75, 3.05) is 39.9 Å². The number of halogens is 1. The minimum atomic E-state index is -0.158. The summed E-state index contributed by atoms with van der Waals surface area (Å²) in [7, 11) is 1.87. The lowest BCUT2D eigenvalue weighted by atomic mass is 10.00. The molecule has 144 valence electrons. The van der Waals surface area contributed by atoms with Crippen molar-refractivity contribution in [2.24, 2.45) is 5.92 Å². The Labute approximate surface area is 155 Å². The number of hydrogen-bond donors (Lipinski definition) is 1. The summed E-state index contributed by atoms with van der Waals surface area (Å²) < 4.78 is 19.2. The lowest BCUT2D eigenvalue weighted by Gasteiger charge is -2.34. The van der Waals surface area contributed by atoms with Crippen LogP contribution in [-0.2, 0) is 11.3 Å². The quantitative estimate of drug-likeness (QED) is 0.875. The van der Waals surface area contributed by atoms with E-state index in [4.69, 9.17) is 4.74 Å². The van der Waals surface area contributed by atoms with Crippen molar-refractivity contribution in [1.82, 2.24) is 15.1 Å². The maximum absolute atomic E-state index is 13.9. The molecule has 26 heavy (non-hydrogen) atoms. The third-order valence-corrected chi connectivity index (χ3v) is 5.40. The smallest absolute Gasteiger partial charge is 0.317 e. The number of amides is 2. The molecular weight excluding hydrogens is 333 g/mol. The lowest BCUT2D eigenvalue weighted by Crippen LogP contribution is -2.51. The SMILES string of the molecule is CN(CC1CCOCC1)C(=O)N[C@H]1CCCN(Cc2ccccc2F)C1. The molecule has 0 aromatic heterocycles. The highest BCUT2D eigenvalue weighted by Crippen LogP contribution is 2.17. The van der Waals surface area contributed by atoms with Crippen LogP contribution in [0, 0.1) is 11.7 Å². The van der Waals surface area contributed by atoms with Crippen molar-refractivity contribution in [3.05, 3.63) is 35.6 Å². The van der Waals surface area contributed by atoms with Gasteiger partial charge in [-0.15, -0.1) is 0 Å². The molecule has 0 radical (unpaired) electrons. The number of piperidine rings is 1. The van der Waals surface area contributed by atoms with Crippen LogP contribution in [0.2, 0.25) is 0 Å². The molecule has 0 saturated carbocycles. The second kappa shape index (κ2) is 9.33. The van der Waals surface area contributed by atoms with Gasteiger partial charge < -0.3 is 15.0 Å². The van der Waals surface area contributed by atoms with Crippen LogP contribution in [0.25, 0.3) is 0 Å². The molecule has 1 atom stereocenters. The number of hydrogen-bond acceptors (Lipinski definition) is 3. The van der Waals surface area contributed by atoms with Gasteiger partial charge in [0.25, 0.3) is 0 Å². The first-order chi connectivity index (χ1) is 12.6. The second-order valence-electron chi connectivity index (χ2n) is 7.55. The summed E-state index contributed by atoms with van der Waals surface area (Å²) in [5, 5.41) is 3.16. The lowest BCUT2D eigenvalue weighted by molar-refractivity contribution is 0.0582. The predicted molar refractivity (Wildman–Crippen MR) is 99.4 cm³/mol. The van der Waals surface area contributed by atoms with E-state index in [2.05, 4.69) is 10.2 Å². The molecular formula is C20H30FN3O2. The number of rotatable bonds is 5. The van der Waals surface area contributed by atoms with E-state index in [1.807, 2.05) is 19.2 Å². The molecule has 5 nitrogen and oxygen atoms in total. The van der Waals surface area contributed by atoms with Gasteiger partial charge in [-0.3, -0.25) is 4.90 Å². The van der Waals surface area contributed by atoms with Crippen LogP contribution in [-0.4, -0.2) is 61.8 Å². The summed E-state index contributed by atoms with van der Waals surface area (Å²) in [6.07, 6.45) is 4.04. The highest BCUT2D eigenvalue weighted by Gasteiger charge is 2.24. The molecule has 0 aliphatic carbocycles. The van der Waals surface area contributed by atoms with Gasteiger partial charge >= 0.3 is 6.03 Å². The highest BCUT2D eigenvalue weighted by atomic mass is 19.1. The first kappa shape index (κ1) is 19.1. The summed E-state index contributed by atoms with van der Waals surface area (Å²) in [5.74, 6) is 0.373. The number of nitrogens with one attached hydrogen (secondary N) is 1. The summed E-state index contributed by atoms with van der Waals surface area (Å²) in [4.78, 5) is 16.5. The molecule has 2 heterocycles. The largest absolute Gasteiger partial charge is 0.381 e. The fourth-order valence-electron chi connectivity index (χ4n) is 3.87. The van der Waals surface area contributed by atoms with Crippen molar-refractivity contribution >= 4 is 6.03 Å². The molecule has 0 spiro atoms. The number of urea groups is 1. The van der Waals surface area contributed by atoms with Crippen molar-refractivity contribution in [3.63, 3.8) is 0 Å². The topological polar surface area (TPSA) is 44.8 Å². The molecule has 6 heteroatoms. The van der Waals surface area contributed by atoms with Gasteiger partial charge in [0, 0.05) is 51.5 Å². The fraction of sp³-hybridized carbons (Fsp3) is 0.650. The monoisotopic (exact) mass is 363 g/mol. The molecule has 1 aromatic carbocycles. The summed E-state index contributed by atoms with van der Waals surface area (Å²) in [6, 6.07) is 7.04. The van der Waals surface area contributed by atoms with Crippen LogP contribution >= 0.6 is 0 Å². The van der Waals surface area contributed by atoms with Crippen molar-refractivity contribution < 1.29 is 13.9 Å². The Morgan fingerprint density at radius 3 is 2.85 bits per heavy atom. The highest BCUT2D eigenvalue weighted by molar-refractivity contribution is 5.74. The molecule has 3 rings (SSSR count). The van der Waals surface area contributed by atoms with Crippen molar-refractivity contribution in [1.29, 1.82) is 0 Å². The maximum Gasteiger partial charge on any atom is 0.317 e. The minimum Gasteiger partial charge on any atom is -0.381 e. The number of carbonyl (C=O) groups is 1. The van der Waals surface area contributed by atoms with Crippen molar-refractivity contribution in [3.8, 4) is 0 Å². The molecule has 2 aliphatic heterocycles. The summed E-state index contributed by atoms with van der Waals surface area (Å²) in [6.45, 7) is 4.68. The van der Waals surface area contributed by atoms with Crippen LogP contribution in [0.4, 0.5) is 9.18 Å². The van der Waals surface area contributed by atoms with Crippen LogP contribution in [0.3, 0.4) is 0 Å². The van der Waals surface area contributed by atoms with E-state index in [0.29, 0.717) is 12.5 Å². The van der Waals surface area contributed by atoms with Crippen LogP contribution in [0.5, 0.6) is 0 Å². The molecule has 1 aromatic rings. The average Bonchev–Trinajstić information content (AvgIpc) is 2.65. The van der Waals surface area contributed by atoms with Gasteiger partial charge in [0.15, 0.2) is 0 Å². The number of benzene rings is 1. The number of ether oxygens (including phenoxy) is 1. The normalized spacial score (nSPS) is 22.2. The first-order valence-electron chi connectivity index (χ1n) is 9.67. The molecule has 2 saturated heterocycles. The Hall–Kier alpha value is -1.66. The first-order valence-corrected chi connectivity index (χ1v) is 9.67. The standard InChI is InChI=1S/C20H30FN3O2/c1-23(13-16-8-11-26-12-9-16)20(25)22-18-6-4-10-24(15-18)14-17-5-2-3-7-19(17)21/h2-3,5,7,16,18H,4,6,8-15H2,1H3,(H,22,25)/t18-/m0/s1. The number of nitrogens with zero attached hydrogens (tertiary/aromatic N) is 2. The molecule has 2 aliphatic rings. The van der Waals surface area contributed by atoms with E-state index < -0.39 is 0 Å². The van der Waals surface area contributed by atoms with E-state index in [-0.39, 0.29) is 17.9 Å².